The monoisotopic (exact) mass is 364 g/mol. The fourth-order valence-corrected chi connectivity index (χ4v) is 7.30. The Morgan fingerprint density at radius 3 is 1.38 bits per heavy atom. The molecule has 0 amide bonds. The van der Waals surface area contributed by atoms with Crippen molar-refractivity contribution in [2.75, 3.05) is 6.61 Å². The molecule has 0 saturated heterocycles. The van der Waals surface area contributed by atoms with Gasteiger partial charge >= 0.3 is 5.97 Å². The maximum Gasteiger partial charge on any atom is 0.307 e. The highest BCUT2D eigenvalue weighted by molar-refractivity contribution is 7.95. The maximum atomic E-state index is 11.8. The van der Waals surface area contributed by atoms with Crippen molar-refractivity contribution in [2.24, 2.45) is 0 Å². The molecule has 26 heavy (non-hydrogen) atoms. The lowest BCUT2D eigenvalue weighted by Gasteiger charge is -2.31. The number of rotatable bonds is 5. The minimum absolute atomic E-state index is 0.327. The van der Waals surface area contributed by atoms with Crippen molar-refractivity contribution in [3.8, 4) is 0 Å². The number of carbonyl (C=O) groups excluding carboxylic acids is 1. The molecule has 0 aliphatic heterocycles. The molecule has 4 heteroatoms. The van der Waals surface area contributed by atoms with Gasteiger partial charge < -0.3 is 9.84 Å². The van der Waals surface area contributed by atoms with Crippen LogP contribution >= 0.6 is 6.89 Å². The van der Waals surface area contributed by atoms with E-state index >= 15 is 0 Å². The zero-order chi connectivity index (χ0) is 18.4. The molecule has 0 radical (unpaired) electrons. The van der Waals surface area contributed by atoms with E-state index in [0.717, 1.165) is 15.9 Å². The summed E-state index contributed by atoms with van der Waals surface area (Å²) in [7, 11) is 0. The molecule has 0 bridgehead atoms. The van der Waals surface area contributed by atoms with Crippen molar-refractivity contribution in [1.29, 1.82) is 0 Å². The van der Waals surface area contributed by atoms with Crippen LogP contribution in [0.2, 0.25) is 0 Å². The van der Waals surface area contributed by atoms with Crippen LogP contribution in [0.1, 0.15) is 6.92 Å². The largest absolute Gasteiger partial charge is 0.428 e. The summed E-state index contributed by atoms with van der Waals surface area (Å²) in [6.45, 7) is -1.45. The van der Waals surface area contributed by atoms with Gasteiger partial charge in [-0.3, -0.25) is 4.79 Å². The Hall–Kier alpha value is -2.61. The summed E-state index contributed by atoms with van der Waals surface area (Å²) in [5.74, 6) is -0.429. The van der Waals surface area contributed by atoms with Gasteiger partial charge in [-0.2, -0.15) is 0 Å². The molecule has 0 unspecified atom stereocenters. The standard InChI is InChI=1S/C22H21O3P/c1-18(24)25-22(17-23)26(19-11-5-2-6-12-19,20-13-7-3-8-14-20)21-15-9-4-10-16-21/h2-16,23H,17H2,1H3. The van der Waals surface area contributed by atoms with E-state index in [-0.39, 0.29) is 6.61 Å². The Balaban J connectivity index is 2.51. The lowest BCUT2D eigenvalue weighted by atomic mass is 10.4. The predicted octanol–water partition coefficient (Wildman–Crippen LogP) is 2.67. The van der Waals surface area contributed by atoms with E-state index in [9.17, 15) is 9.90 Å². The summed E-state index contributed by atoms with van der Waals surface area (Å²) in [6, 6.07) is 29.9. The van der Waals surface area contributed by atoms with E-state index in [1.807, 2.05) is 91.0 Å². The van der Waals surface area contributed by atoms with Crippen LogP contribution in [0.25, 0.3) is 0 Å². The van der Waals surface area contributed by atoms with Gasteiger partial charge in [0.15, 0.2) is 0 Å². The van der Waals surface area contributed by atoms with E-state index in [1.165, 1.54) is 6.92 Å². The third kappa shape index (κ3) is 3.37. The first-order chi connectivity index (χ1) is 12.7. The zero-order valence-corrected chi connectivity index (χ0v) is 15.5. The second-order valence-corrected chi connectivity index (χ2v) is 9.21. The molecule has 0 fully saturated rings. The van der Waals surface area contributed by atoms with Crippen LogP contribution in [-0.2, 0) is 9.53 Å². The van der Waals surface area contributed by atoms with Crippen molar-refractivity contribution >= 4 is 34.2 Å². The van der Waals surface area contributed by atoms with Crippen LogP contribution in [-0.4, -0.2) is 23.2 Å². The number of aliphatic hydroxyl groups excluding tert-OH is 1. The average Bonchev–Trinajstić information content (AvgIpc) is 2.70. The maximum absolute atomic E-state index is 11.8. The van der Waals surface area contributed by atoms with Crippen LogP contribution in [0.5, 0.6) is 0 Å². The van der Waals surface area contributed by atoms with Gasteiger partial charge in [-0.1, -0.05) is 91.0 Å². The summed E-state index contributed by atoms with van der Waals surface area (Å²) in [4.78, 5) is 11.8. The van der Waals surface area contributed by atoms with Crippen LogP contribution in [0, 0.1) is 0 Å². The Morgan fingerprint density at radius 1 is 0.769 bits per heavy atom. The Labute approximate surface area is 153 Å². The van der Waals surface area contributed by atoms with Crippen molar-refractivity contribution in [2.45, 2.75) is 6.92 Å². The first kappa shape index (κ1) is 18.2. The zero-order valence-electron chi connectivity index (χ0n) is 14.6. The van der Waals surface area contributed by atoms with Crippen LogP contribution < -0.4 is 15.9 Å². The molecule has 0 saturated carbocycles. The van der Waals surface area contributed by atoms with Gasteiger partial charge in [-0.25, -0.2) is 0 Å². The minimum atomic E-state index is -2.49. The Morgan fingerprint density at radius 2 is 1.12 bits per heavy atom. The fraction of sp³-hybridized carbons (Fsp3) is 0.0909. The second-order valence-electron chi connectivity index (χ2n) is 5.82. The van der Waals surface area contributed by atoms with E-state index < -0.39 is 12.9 Å². The van der Waals surface area contributed by atoms with Crippen molar-refractivity contribution in [3.63, 3.8) is 0 Å². The molecule has 0 spiro atoms. The minimum Gasteiger partial charge on any atom is -0.428 e. The van der Waals surface area contributed by atoms with E-state index in [4.69, 9.17) is 4.74 Å². The smallest absolute Gasteiger partial charge is 0.307 e. The van der Waals surface area contributed by atoms with Gasteiger partial charge in [0.1, 0.15) is 12.1 Å². The SMILES string of the molecule is CC(=O)OC(CO)=P(c1ccccc1)(c1ccccc1)c1ccccc1. The summed E-state index contributed by atoms with van der Waals surface area (Å²) < 4.78 is 5.61. The molecule has 132 valence electrons. The molecule has 3 aromatic carbocycles. The van der Waals surface area contributed by atoms with E-state index in [0.29, 0.717) is 5.48 Å². The lowest BCUT2D eigenvalue weighted by Crippen LogP contribution is -2.33. The van der Waals surface area contributed by atoms with Gasteiger partial charge in [0.05, 0.1) is 0 Å². The molecule has 3 nitrogen and oxygen atoms in total. The molecule has 0 heterocycles. The summed E-state index contributed by atoms with van der Waals surface area (Å²) >= 11 is 0. The van der Waals surface area contributed by atoms with Gasteiger partial charge in [0.25, 0.3) is 0 Å². The number of hydrogen-bond donors (Lipinski definition) is 1. The normalized spacial score (nSPS) is 11.0. The van der Waals surface area contributed by atoms with Crippen molar-refractivity contribution < 1.29 is 14.6 Å². The fourth-order valence-electron chi connectivity index (χ4n) is 3.21. The summed E-state index contributed by atoms with van der Waals surface area (Å²) in [6.07, 6.45) is 0. The number of ether oxygens (including phenoxy) is 1. The molecular formula is C22H21O3P. The molecule has 0 aliphatic carbocycles. The average molecular weight is 364 g/mol. The van der Waals surface area contributed by atoms with Crippen LogP contribution in [0.4, 0.5) is 0 Å². The number of aliphatic hydroxyl groups is 1. The second kappa shape index (κ2) is 8.18. The number of benzene rings is 3. The van der Waals surface area contributed by atoms with Crippen LogP contribution in [0.3, 0.4) is 0 Å². The molecule has 3 rings (SSSR count). The third-order valence-corrected chi connectivity index (χ3v) is 8.40. The van der Waals surface area contributed by atoms with Gasteiger partial charge in [0.2, 0.25) is 0 Å². The number of hydrogen-bond acceptors (Lipinski definition) is 3. The summed E-state index contributed by atoms with van der Waals surface area (Å²) in [5, 5.41) is 13.3. The van der Waals surface area contributed by atoms with E-state index in [1.54, 1.807) is 0 Å². The predicted molar refractivity (Wildman–Crippen MR) is 109 cm³/mol. The van der Waals surface area contributed by atoms with Gasteiger partial charge in [-0.05, 0) is 15.9 Å². The third-order valence-electron chi connectivity index (χ3n) is 4.20. The Kier molecular flexibility index (Phi) is 5.72. The highest BCUT2D eigenvalue weighted by atomic mass is 31.2. The first-order valence-corrected chi connectivity index (χ1v) is 10.2. The summed E-state index contributed by atoms with van der Waals surface area (Å²) in [5.41, 5.74) is 0.397. The lowest BCUT2D eigenvalue weighted by molar-refractivity contribution is -0.133. The topological polar surface area (TPSA) is 46.5 Å². The van der Waals surface area contributed by atoms with Gasteiger partial charge in [-0.15, -0.1) is 0 Å². The van der Waals surface area contributed by atoms with Gasteiger partial charge in [0, 0.05) is 13.8 Å². The highest BCUT2D eigenvalue weighted by Crippen LogP contribution is 2.46. The highest BCUT2D eigenvalue weighted by Gasteiger charge is 2.31. The molecule has 1 N–H and O–H groups in total. The van der Waals surface area contributed by atoms with Crippen molar-refractivity contribution in [3.05, 3.63) is 91.0 Å². The first-order valence-electron chi connectivity index (χ1n) is 8.41. The van der Waals surface area contributed by atoms with Crippen molar-refractivity contribution in [1.82, 2.24) is 0 Å². The van der Waals surface area contributed by atoms with Crippen LogP contribution in [0.15, 0.2) is 91.0 Å². The quantitative estimate of drug-likeness (QED) is 0.559. The number of esters is 1. The molecular weight excluding hydrogens is 343 g/mol. The Bertz CT molecular complexity index is 816. The molecule has 0 aromatic heterocycles. The number of carbonyl (C=O) groups is 1. The molecule has 3 aromatic rings. The molecule has 0 aliphatic rings. The molecule has 0 atom stereocenters. The van der Waals surface area contributed by atoms with E-state index in [2.05, 4.69) is 0 Å².